The van der Waals surface area contributed by atoms with Crippen molar-refractivity contribution < 1.29 is 9.53 Å². The zero-order chi connectivity index (χ0) is 11.5. The van der Waals surface area contributed by atoms with Crippen molar-refractivity contribution in [1.29, 1.82) is 0 Å². The molecule has 0 aliphatic heterocycles. The van der Waals surface area contributed by atoms with Crippen LogP contribution in [0.1, 0.15) is 12.5 Å². The zero-order valence-electron chi connectivity index (χ0n) is 9.44. The van der Waals surface area contributed by atoms with Crippen LogP contribution in [0.5, 0.6) is 5.75 Å². The summed E-state index contributed by atoms with van der Waals surface area (Å²) in [6, 6.07) is 7.68. The maximum Gasteiger partial charge on any atom is 0.182 e. The van der Waals surface area contributed by atoms with Crippen LogP contribution < -0.4 is 4.74 Å². The van der Waals surface area contributed by atoms with Crippen LogP contribution in [0.25, 0.3) is 6.08 Å². The molecule has 2 rings (SSSR count). The molecule has 0 bridgehead atoms. The number of ketones is 1. The van der Waals surface area contributed by atoms with Crippen molar-refractivity contribution in [3.05, 3.63) is 47.6 Å². The first-order chi connectivity index (χ1) is 7.70. The number of benzene rings is 1. The third-order valence-electron chi connectivity index (χ3n) is 2.75. The summed E-state index contributed by atoms with van der Waals surface area (Å²) in [7, 11) is 1.64. The van der Waals surface area contributed by atoms with Crippen LogP contribution in [0.3, 0.4) is 0 Å². The van der Waals surface area contributed by atoms with E-state index in [1.54, 1.807) is 13.2 Å². The van der Waals surface area contributed by atoms with Gasteiger partial charge in [-0.3, -0.25) is 4.79 Å². The van der Waals surface area contributed by atoms with Crippen LogP contribution in [-0.2, 0) is 4.79 Å². The van der Waals surface area contributed by atoms with Crippen LogP contribution >= 0.6 is 0 Å². The normalized spacial score (nSPS) is 21.8. The van der Waals surface area contributed by atoms with Gasteiger partial charge in [-0.15, -0.1) is 0 Å². The quantitative estimate of drug-likeness (QED) is 0.707. The number of allylic oxidation sites excluding steroid dienone is 3. The SMILES string of the molecule is COc1ccc(/C=C2/C(=O)C=CC2C)cc1. The molecule has 82 valence electrons. The summed E-state index contributed by atoms with van der Waals surface area (Å²) in [6.45, 7) is 2.02. The minimum absolute atomic E-state index is 0.114. The molecule has 0 heterocycles. The predicted octanol–water partition coefficient (Wildman–Crippen LogP) is 2.85. The highest BCUT2D eigenvalue weighted by Crippen LogP contribution is 2.24. The molecule has 0 radical (unpaired) electrons. The topological polar surface area (TPSA) is 26.3 Å². The second kappa shape index (κ2) is 4.35. The summed E-state index contributed by atoms with van der Waals surface area (Å²) in [5.74, 6) is 1.16. The van der Waals surface area contributed by atoms with Crippen LogP contribution in [-0.4, -0.2) is 12.9 Å². The molecule has 0 aromatic heterocycles. The van der Waals surface area contributed by atoms with E-state index in [0.29, 0.717) is 0 Å². The second-order valence-corrected chi connectivity index (χ2v) is 3.88. The van der Waals surface area contributed by atoms with Gasteiger partial charge in [-0.25, -0.2) is 0 Å². The van der Waals surface area contributed by atoms with Gasteiger partial charge in [0.1, 0.15) is 5.75 Å². The lowest BCUT2D eigenvalue weighted by atomic mass is 10.0. The third kappa shape index (κ3) is 2.06. The number of carbonyl (C=O) groups excluding carboxylic acids is 1. The van der Waals surface area contributed by atoms with Gasteiger partial charge < -0.3 is 4.74 Å². The molecule has 2 nitrogen and oxygen atoms in total. The molecule has 0 saturated carbocycles. The molecule has 16 heavy (non-hydrogen) atoms. The van der Waals surface area contributed by atoms with E-state index in [1.165, 1.54) is 0 Å². The molecule has 1 unspecified atom stereocenters. The van der Waals surface area contributed by atoms with E-state index in [4.69, 9.17) is 4.74 Å². The van der Waals surface area contributed by atoms with Crippen molar-refractivity contribution in [1.82, 2.24) is 0 Å². The molecular formula is C14H14O2. The van der Waals surface area contributed by atoms with Gasteiger partial charge in [0.05, 0.1) is 7.11 Å². The molecule has 1 aliphatic carbocycles. The average Bonchev–Trinajstić information content (AvgIpc) is 2.62. The summed E-state index contributed by atoms with van der Waals surface area (Å²) in [6.07, 6.45) is 5.50. The minimum atomic E-state index is 0.114. The van der Waals surface area contributed by atoms with Gasteiger partial charge in [0.25, 0.3) is 0 Å². The number of carbonyl (C=O) groups is 1. The van der Waals surface area contributed by atoms with E-state index < -0.39 is 0 Å². The van der Waals surface area contributed by atoms with Gasteiger partial charge >= 0.3 is 0 Å². The van der Waals surface area contributed by atoms with Crippen molar-refractivity contribution in [2.75, 3.05) is 7.11 Å². The lowest BCUT2D eigenvalue weighted by Gasteiger charge is -2.04. The molecule has 0 amide bonds. The predicted molar refractivity (Wildman–Crippen MR) is 64.3 cm³/mol. The second-order valence-electron chi connectivity index (χ2n) is 3.88. The Bertz CT molecular complexity index is 452. The van der Waals surface area contributed by atoms with Crippen molar-refractivity contribution in [3.63, 3.8) is 0 Å². The number of rotatable bonds is 2. The van der Waals surface area contributed by atoms with E-state index in [9.17, 15) is 4.79 Å². The Morgan fingerprint density at radius 1 is 1.25 bits per heavy atom. The van der Waals surface area contributed by atoms with Crippen molar-refractivity contribution in [2.45, 2.75) is 6.92 Å². The van der Waals surface area contributed by atoms with E-state index >= 15 is 0 Å². The number of methoxy groups -OCH3 is 1. The molecule has 0 fully saturated rings. The van der Waals surface area contributed by atoms with Gasteiger partial charge in [-0.05, 0) is 29.8 Å². The Hall–Kier alpha value is -1.83. The molecule has 0 N–H and O–H groups in total. The van der Waals surface area contributed by atoms with Crippen molar-refractivity contribution in [3.8, 4) is 5.75 Å². The zero-order valence-corrected chi connectivity index (χ0v) is 9.44. The monoisotopic (exact) mass is 214 g/mol. The highest BCUT2D eigenvalue weighted by molar-refractivity contribution is 6.10. The third-order valence-corrected chi connectivity index (χ3v) is 2.75. The Morgan fingerprint density at radius 2 is 1.94 bits per heavy atom. The molecule has 2 heteroatoms. The van der Waals surface area contributed by atoms with Crippen LogP contribution in [0, 0.1) is 5.92 Å². The summed E-state index contributed by atoms with van der Waals surface area (Å²) in [4.78, 5) is 11.5. The lowest BCUT2D eigenvalue weighted by molar-refractivity contribution is -0.111. The molecule has 1 aromatic rings. The van der Waals surface area contributed by atoms with Crippen molar-refractivity contribution in [2.24, 2.45) is 5.92 Å². The maximum atomic E-state index is 11.5. The summed E-state index contributed by atoms with van der Waals surface area (Å²) in [5.41, 5.74) is 1.88. The van der Waals surface area contributed by atoms with Gasteiger partial charge in [-0.1, -0.05) is 25.1 Å². The Kier molecular flexibility index (Phi) is 2.91. The number of ether oxygens (including phenoxy) is 1. The van der Waals surface area contributed by atoms with E-state index in [1.807, 2.05) is 43.3 Å². The largest absolute Gasteiger partial charge is 0.497 e. The maximum absolute atomic E-state index is 11.5. The average molecular weight is 214 g/mol. The molecule has 0 saturated heterocycles. The Labute approximate surface area is 95.2 Å². The highest BCUT2D eigenvalue weighted by atomic mass is 16.5. The Morgan fingerprint density at radius 3 is 2.44 bits per heavy atom. The fourth-order valence-corrected chi connectivity index (χ4v) is 1.74. The molecular weight excluding hydrogens is 200 g/mol. The fourth-order valence-electron chi connectivity index (χ4n) is 1.74. The molecule has 0 spiro atoms. The van der Waals surface area contributed by atoms with E-state index in [0.717, 1.165) is 16.9 Å². The lowest BCUT2D eigenvalue weighted by Crippen LogP contribution is -1.98. The van der Waals surface area contributed by atoms with E-state index in [-0.39, 0.29) is 11.7 Å². The molecule has 1 atom stereocenters. The number of hydrogen-bond acceptors (Lipinski definition) is 2. The minimum Gasteiger partial charge on any atom is -0.497 e. The van der Waals surface area contributed by atoms with Gasteiger partial charge in [0, 0.05) is 11.5 Å². The highest BCUT2D eigenvalue weighted by Gasteiger charge is 2.18. The van der Waals surface area contributed by atoms with E-state index in [2.05, 4.69) is 0 Å². The Balaban J connectivity index is 2.25. The standard InChI is InChI=1S/C14H14O2/c1-10-3-8-14(15)13(10)9-11-4-6-12(16-2)7-5-11/h3-10H,1-2H3/b13-9+. The number of hydrogen-bond donors (Lipinski definition) is 0. The molecule has 1 aromatic carbocycles. The van der Waals surface area contributed by atoms with Crippen LogP contribution in [0.4, 0.5) is 0 Å². The summed E-state index contributed by atoms with van der Waals surface area (Å²) >= 11 is 0. The first-order valence-corrected chi connectivity index (χ1v) is 5.29. The van der Waals surface area contributed by atoms with Gasteiger partial charge in [0.15, 0.2) is 5.78 Å². The first-order valence-electron chi connectivity index (χ1n) is 5.29. The van der Waals surface area contributed by atoms with Gasteiger partial charge in [0.2, 0.25) is 0 Å². The molecule has 1 aliphatic rings. The first kappa shape index (κ1) is 10.7. The summed E-state index contributed by atoms with van der Waals surface area (Å²) in [5, 5.41) is 0. The summed E-state index contributed by atoms with van der Waals surface area (Å²) < 4.78 is 5.08. The van der Waals surface area contributed by atoms with Crippen molar-refractivity contribution >= 4 is 11.9 Å². The van der Waals surface area contributed by atoms with Gasteiger partial charge in [-0.2, -0.15) is 0 Å². The fraction of sp³-hybridized carbons (Fsp3) is 0.214. The van der Waals surface area contributed by atoms with Crippen LogP contribution in [0.15, 0.2) is 42.0 Å². The van der Waals surface area contributed by atoms with Crippen LogP contribution in [0.2, 0.25) is 0 Å². The smallest absolute Gasteiger partial charge is 0.182 e.